The number of nitrogens with one attached hydrogen (secondary N) is 1. The third-order valence-electron chi connectivity index (χ3n) is 2.11. The first-order valence-electron chi connectivity index (χ1n) is 4.78. The molecular formula is C11H8FN3O2. The fourth-order valence-electron chi connectivity index (χ4n) is 1.32. The SMILES string of the molecule is O=C=Nc1cccc(F)c1COc1ccn[nH]1. The van der Waals surface area contributed by atoms with E-state index in [0.717, 1.165) is 0 Å². The van der Waals surface area contributed by atoms with Gasteiger partial charge in [-0.3, -0.25) is 0 Å². The number of carbonyl (C=O) groups excluding carboxylic acids is 1. The van der Waals surface area contributed by atoms with Gasteiger partial charge in [0.1, 0.15) is 12.4 Å². The van der Waals surface area contributed by atoms with Crippen molar-refractivity contribution in [1.29, 1.82) is 0 Å². The lowest BCUT2D eigenvalue weighted by atomic mass is 10.2. The van der Waals surface area contributed by atoms with E-state index in [1.54, 1.807) is 6.07 Å². The second-order valence-electron chi connectivity index (χ2n) is 3.15. The van der Waals surface area contributed by atoms with Gasteiger partial charge in [-0.05, 0) is 12.1 Å². The molecule has 2 rings (SSSR count). The molecular weight excluding hydrogens is 225 g/mol. The van der Waals surface area contributed by atoms with Crippen LogP contribution in [-0.2, 0) is 11.4 Å². The van der Waals surface area contributed by atoms with Crippen molar-refractivity contribution < 1.29 is 13.9 Å². The highest BCUT2D eigenvalue weighted by Gasteiger charge is 2.09. The van der Waals surface area contributed by atoms with Crippen LogP contribution in [0.5, 0.6) is 5.88 Å². The maximum atomic E-state index is 13.5. The van der Waals surface area contributed by atoms with Crippen LogP contribution < -0.4 is 4.74 Å². The highest BCUT2D eigenvalue weighted by atomic mass is 19.1. The maximum absolute atomic E-state index is 13.5. The Morgan fingerprint density at radius 3 is 3.06 bits per heavy atom. The van der Waals surface area contributed by atoms with Crippen LogP contribution in [0.2, 0.25) is 0 Å². The van der Waals surface area contributed by atoms with Gasteiger partial charge < -0.3 is 4.74 Å². The number of ether oxygens (including phenoxy) is 1. The van der Waals surface area contributed by atoms with E-state index in [1.807, 2.05) is 0 Å². The van der Waals surface area contributed by atoms with E-state index >= 15 is 0 Å². The molecule has 86 valence electrons. The number of hydrogen-bond acceptors (Lipinski definition) is 4. The van der Waals surface area contributed by atoms with Crippen molar-refractivity contribution in [2.24, 2.45) is 4.99 Å². The molecule has 5 nitrogen and oxygen atoms in total. The molecule has 2 aromatic rings. The number of isocyanates is 1. The van der Waals surface area contributed by atoms with E-state index in [-0.39, 0.29) is 17.9 Å². The number of rotatable bonds is 4. The summed E-state index contributed by atoms with van der Waals surface area (Å²) in [6.07, 6.45) is 2.89. The predicted octanol–water partition coefficient (Wildman–Crippen LogP) is 2.10. The van der Waals surface area contributed by atoms with Crippen molar-refractivity contribution in [3.63, 3.8) is 0 Å². The zero-order chi connectivity index (χ0) is 12.1. The van der Waals surface area contributed by atoms with Crippen LogP contribution >= 0.6 is 0 Å². The lowest BCUT2D eigenvalue weighted by Crippen LogP contribution is -1.99. The molecule has 0 saturated heterocycles. The summed E-state index contributed by atoms with van der Waals surface area (Å²) in [7, 11) is 0. The quantitative estimate of drug-likeness (QED) is 0.649. The Bertz CT molecular complexity index is 548. The first kappa shape index (κ1) is 11.0. The van der Waals surface area contributed by atoms with Gasteiger partial charge in [-0.25, -0.2) is 14.3 Å². The van der Waals surface area contributed by atoms with E-state index in [9.17, 15) is 9.18 Å². The largest absolute Gasteiger partial charge is 0.473 e. The van der Waals surface area contributed by atoms with Crippen LogP contribution in [0.3, 0.4) is 0 Å². The number of nitrogens with zero attached hydrogens (tertiary/aromatic N) is 2. The summed E-state index contributed by atoms with van der Waals surface area (Å²) in [6.45, 7) is -0.0463. The van der Waals surface area contributed by atoms with Gasteiger partial charge in [0.15, 0.2) is 0 Å². The normalized spacial score (nSPS) is 9.71. The van der Waals surface area contributed by atoms with Gasteiger partial charge in [0.25, 0.3) is 0 Å². The molecule has 0 fully saturated rings. The van der Waals surface area contributed by atoms with Crippen molar-refractivity contribution in [2.45, 2.75) is 6.61 Å². The van der Waals surface area contributed by atoms with Crippen molar-refractivity contribution in [2.75, 3.05) is 0 Å². The minimum absolute atomic E-state index is 0.0463. The standard InChI is InChI=1S/C11H8FN3O2/c12-9-2-1-3-10(13-7-16)8(9)6-17-11-4-5-14-15-11/h1-5H,6H2,(H,14,15). The molecule has 0 atom stereocenters. The van der Waals surface area contributed by atoms with E-state index in [4.69, 9.17) is 4.74 Å². The lowest BCUT2D eigenvalue weighted by Gasteiger charge is -2.06. The summed E-state index contributed by atoms with van der Waals surface area (Å²) < 4.78 is 18.8. The first-order chi connectivity index (χ1) is 8.31. The minimum Gasteiger partial charge on any atom is -0.473 e. The van der Waals surface area contributed by atoms with Gasteiger partial charge >= 0.3 is 0 Å². The third kappa shape index (κ3) is 2.56. The molecule has 1 N–H and O–H groups in total. The molecule has 0 radical (unpaired) electrons. The Morgan fingerprint density at radius 2 is 2.35 bits per heavy atom. The monoisotopic (exact) mass is 233 g/mol. The molecule has 0 aliphatic carbocycles. The molecule has 0 saturated carbocycles. The first-order valence-corrected chi connectivity index (χ1v) is 4.78. The Kier molecular flexibility index (Phi) is 3.28. The Balaban J connectivity index is 2.22. The van der Waals surface area contributed by atoms with Gasteiger partial charge in [-0.15, -0.1) is 0 Å². The zero-order valence-corrected chi connectivity index (χ0v) is 8.68. The summed E-state index contributed by atoms with van der Waals surface area (Å²) in [6, 6.07) is 5.85. The number of aromatic nitrogens is 2. The Hall–Kier alpha value is -2.46. The van der Waals surface area contributed by atoms with Crippen LogP contribution in [0.4, 0.5) is 10.1 Å². The van der Waals surface area contributed by atoms with Gasteiger partial charge in [-0.2, -0.15) is 10.1 Å². The molecule has 1 heterocycles. The highest BCUT2D eigenvalue weighted by Crippen LogP contribution is 2.22. The van der Waals surface area contributed by atoms with Crippen molar-refractivity contribution in [3.05, 3.63) is 41.8 Å². The van der Waals surface area contributed by atoms with Gasteiger partial charge in [0, 0.05) is 6.07 Å². The molecule has 0 spiro atoms. The van der Waals surface area contributed by atoms with Crippen LogP contribution in [0.15, 0.2) is 35.5 Å². The second kappa shape index (κ2) is 5.05. The molecule has 0 bridgehead atoms. The number of halogens is 1. The van der Waals surface area contributed by atoms with Gasteiger partial charge in [0.2, 0.25) is 12.0 Å². The molecule has 17 heavy (non-hydrogen) atoms. The van der Waals surface area contributed by atoms with E-state index < -0.39 is 5.82 Å². The van der Waals surface area contributed by atoms with Crippen LogP contribution in [0.25, 0.3) is 0 Å². The molecule has 0 aliphatic rings. The number of H-pyrrole nitrogens is 1. The van der Waals surface area contributed by atoms with Crippen LogP contribution in [0.1, 0.15) is 5.56 Å². The van der Waals surface area contributed by atoms with Crippen molar-refractivity contribution >= 4 is 11.8 Å². The zero-order valence-electron chi connectivity index (χ0n) is 8.68. The van der Waals surface area contributed by atoms with E-state index in [1.165, 1.54) is 30.5 Å². The molecule has 1 aromatic carbocycles. The Morgan fingerprint density at radius 1 is 1.47 bits per heavy atom. The topological polar surface area (TPSA) is 67.3 Å². The van der Waals surface area contributed by atoms with Crippen LogP contribution in [-0.4, -0.2) is 16.3 Å². The second-order valence-corrected chi connectivity index (χ2v) is 3.15. The molecule has 0 amide bonds. The lowest BCUT2D eigenvalue weighted by molar-refractivity contribution is 0.288. The summed E-state index contributed by atoms with van der Waals surface area (Å²) >= 11 is 0. The van der Waals surface area contributed by atoms with E-state index in [2.05, 4.69) is 15.2 Å². The molecule has 0 aliphatic heterocycles. The molecule has 0 unspecified atom stereocenters. The fourth-order valence-corrected chi connectivity index (χ4v) is 1.32. The molecule has 1 aromatic heterocycles. The minimum atomic E-state index is -0.485. The maximum Gasteiger partial charge on any atom is 0.240 e. The fraction of sp³-hybridized carbons (Fsp3) is 0.0909. The van der Waals surface area contributed by atoms with Gasteiger partial charge in [0.05, 0.1) is 17.4 Å². The summed E-state index contributed by atoms with van der Waals surface area (Å²) in [5.74, 6) is -0.0738. The van der Waals surface area contributed by atoms with Crippen LogP contribution in [0, 0.1) is 5.82 Å². The molecule has 6 heteroatoms. The van der Waals surface area contributed by atoms with E-state index in [0.29, 0.717) is 5.88 Å². The Labute approximate surface area is 96.0 Å². The summed E-state index contributed by atoms with van der Waals surface area (Å²) in [4.78, 5) is 13.6. The number of benzene rings is 1. The summed E-state index contributed by atoms with van der Waals surface area (Å²) in [5, 5.41) is 6.26. The predicted molar refractivity (Wildman–Crippen MR) is 57.1 cm³/mol. The third-order valence-corrected chi connectivity index (χ3v) is 2.11. The highest BCUT2D eigenvalue weighted by molar-refractivity contribution is 5.53. The number of hydrogen-bond donors (Lipinski definition) is 1. The number of aromatic amines is 1. The average molecular weight is 233 g/mol. The van der Waals surface area contributed by atoms with Crippen molar-refractivity contribution in [1.82, 2.24) is 10.2 Å². The summed E-state index contributed by atoms with van der Waals surface area (Å²) in [5.41, 5.74) is 0.407. The van der Waals surface area contributed by atoms with Crippen molar-refractivity contribution in [3.8, 4) is 5.88 Å². The van der Waals surface area contributed by atoms with Gasteiger partial charge in [-0.1, -0.05) is 6.07 Å². The smallest absolute Gasteiger partial charge is 0.240 e. The number of aliphatic imine (C=N–C) groups is 1. The average Bonchev–Trinajstić information content (AvgIpc) is 2.82.